The van der Waals surface area contributed by atoms with Gasteiger partial charge in [-0.15, -0.1) is 0 Å². The van der Waals surface area contributed by atoms with E-state index in [1.165, 1.54) is 12.3 Å². The molecule has 0 aliphatic heterocycles. The molecule has 6 heteroatoms. The van der Waals surface area contributed by atoms with Gasteiger partial charge in [-0.05, 0) is 18.2 Å². The molecule has 0 aliphatic rings. The highest BCUT2D eigenvalue weighted by atomic mass is 35.5. The molecule has 2 aromatic rings. The van der Waals surface area contributed by atoms with Gasteiger partial charge in [0, 0.05) is 17.3 Å². The lowest BCUT2D eigenvalue weighted by Crippen LogP contribution is -1.90. The molecule has 1 aromatic heterocycles. The second-order valence-electron chi connectivity index (χ2n) is 3.46. The molecule has 0 atom stereocenters. The zero-order valence-corrected chi connectivity index (χ0v) is 11.1. The van der Waals surface area contributed by atoms with Crippen LogP contribution in [0.25, 0.3) is 11.1 Å². The average molecular weight is 303 g/mol. The Labute approximate surface area is 118 Å². The fourth-order valence-electron chi connectivity index (χ4n) is 1.48. The maximum Gasteiger partial charge on any atom is 0.172 e. The van der Waals surface area contributed by atoms with Gasteiger partial charge in [-0.1, -0.05) is 34.8 Å². The summed E-state index contributed by atoms with van der Waals surface area (Å²) >= 11 is 18.0. The first-order valence-electron chi connectivity index (χ1n) is 4.82. The van der Waals surface area contributed by atoms with Crippen LogP contribution in [0.4, 0.5) is 0 Å². The Morgan fingerprint density at radius 1 is 1.17 bits per heavy atom. The van der Waals surface area contributed by atoms with Crippen LogP contribution in [0, 0.1) is 0 Å². The number of halogens is 3. The highest BCUT2D eigenvalue weighted by molar-refractivity contribution is 6.46. The summed E-state index contributed by atoms with van der Waals surface area (Å²) in [5.74, 6) is -0.241. The van der Waals surface area contributed by atoms with Gasteiger partial charge in [0.2, 0.25) is 0 Å². The van der Waals surface area contributed by atoms with Crippen LogP contribution in [0.1, 0.15) is 10.5 Å². The molecular formula is C12H6Cl3NO2. The molecule has 18 heavy (non-hydrogen) atoms. The molecule has 0 aliphatic carbocycles. The highest BCUT2D eigenvalue weighted by Gasteiger charge is 2.14. The smallest absolute Gasteiger partial charge is 0.172 e. The first-order valence-corrected chi connectivity index (χ1v) is 5.96. The van der Waals surface area contributed by atoms with Crippen LogP contribution in [-0.4, -0.2) is 16.4 Å². The number of hydrogen-bond donors (Lipinski definition) is 1. The van der Waals surface area contributed by atoms with E-state index in [4.69, 9.17) is 34.8 Å². The molecule has 0 amide bonds. The van der Waals surface area contributed by atoms with Gasteiger partial charge in [0.15, 0.2) is 6.29 Å². The lowest BCUT2D eigenvalue weighted by Gasteiger charge is -2.09. The minimum Gasteiger partial charge on any atom is -0.506 e. The van der Waals surface area contributed by atoms with Crippen molar-refractivity contribution >= 4 is 41.1 Å². The second kappa shape index (κ2) is 5.14. The monoisotopic (exact) mass is 301 g/mol. The fraction of sp³-hybridized carbons (Fsp3) is 0. The number of carbonyl (C=O) groups excluding carboxylic acids is 1. The van der Waals surface area contributed by atoms with Gasteiger partial charge in [0.05, 0.1) is 15.1 Å². The molecular weight excluding hydrogens is 296 g/mol. The van der Waals surface area contributed by atoms with Crippen LogP contribution >= 0.6 is 34.8 Å². The average Bonchev–Trinajstić information content (AvgIpc) is 2.35. The number of aromatic hydroxyl groups is 1. The summed E-state index contributed by atoms with van der Waals surface area (Å²) < 4.78 is 0. The second-order valence-corrected chi connectivity index (χ2v) is 4.66. The van der Waals surface area contributed by atoms with E-state index in [1.807, 2.05) is 0 Å². The molecule has 1 aromatic carbocycles. The number of benzene rings is 1. The Bertz CT molecular complexity index is 629. The molecule has 0 fully saturated rings. The van der Waals surface area contributed by atoms with Crippen LogP contribution in [0.15, 0.2) is 24.4 Å². The molecule has 0 saturated carbocycles. The van der Waals surface area contributed by atoms with Crippen LogP contribution in [-0.2, 0) is 0 Å². The standard InChI is InChI=1S/C12H6Cl3NO2/c13-7-1-2-8(14)12(15)11(7)6-3-10(18)9(5-17)16-4-6/h1-5,18H. The SMILES string of the molecule is O=Cc1ncc(-c2c(Cl)ccc(Cl)c2Cl)cc1O. The molecule has 92 valence electrons. The Balaban J connectivity index is 2.66. The van der Waals surface area contributed by atoms with E-state index in [9.17, 15) is 9.90 Å². The van der Waals surface area contributed by atoms with Crippen molar-refractivity contribution in [1.82, 2.24) is 4.98 Å². The third kappa shape index (κ3) is 2.29. The predicted molar refractivity (Wildman–Crippen MR) is 71.8 cm³/mol. The number of aromatic nitrogens is 1. The third-order valence-electron chi connectivity index (χ3n) is 2.34. The van der Waals surface area contributed by atoms with Gasteiger partial charge in [0.1, 0.15) is 11.4 Å². The molecule has 3 nitrogen and oxygen atoms in total. The number of aldehydes is 1. The van der Waals surface area contributed by atoms with E-state index in [1.54, 1.807) is 12.1 Å². The Hall–Kier alpha value is -1.29. The van der Waals surface area contributed by atoms with Crippen molar-refractivity contribution in [3.05, 3.63) is 45.2 Å². The van der Waals surface area contributed by atoms with Crippen molar-refractivity contribution in [2.75, 3.05) is 0 Å². The van der Waals surface area contributed by atoms with E-state index >= 15 is 0 Å². The van der Waals surface area contributed by atoms with E-state index in [-0.39, 0.29) is 16.5 Å². The maximum atomic E-state index is 10.6. The summed E-state index contributed by atoms with van der Waals surface area (Å²) in [6, 6.07) is 4.53. The molecule has 0 unspecified atom stereocenters. The molecule has 1 heterocycles. The van der Waals surface area contributed by atoms with Gasteiger partial charge >= 0.3 is 0 Å². The maximum absolute atomic E-state index is 10.6. The minimum absolute atomic E-state index is 0.0481. The van der Waals surface area contributed by atoms with Crippen LogP contribution in [0.3, 0.4) is 0 Å². The molecule has 1 N–H and O–H groups in total. The first kappa shape index (κ1) is 13.1. The molecule has 2 rings (SSSR count). The summed E-state index contributed by atoms with van der Waals surface area (Å²) in [4.78, 5) is 14.4. The van der Waals surface area contributed by atoms with Crippen LogP contribution < -0.4 is 0 Å². The van der Waals surface area contributed by atoms with E-state index < -0.39 is 0 Å². The number of carbonyl (C=O) groups is 1. The van der Waals surface area contributed by atoms with Crippen LogP contribution in [0.5, 0.6) is 5.75 Å². The number of hydrogen-bond acceptors (Lipinski definition) is 3. The molecule has 0 saturated heterocycles. The summed E-state index contributed by atoms with van der Waals surface area (Å²) in [5.41, 5.74) is 0.898. The summed E-state index contributed by atoms with van der Waals surface area (Å²) in [7, 11) is 0. The lowest BCUT2D eigenvalue weighted by atomic mass is 10.1. The quantitative estimate of drug-likeness (QED) is 0.667. The first-order chi connectivity index (χ1) is 8.54. The Kier molecular flexibility index (Phi) is 3.76. The minimum atomic E-state index is -0.241. The van der Waals surface area contributed by atoms with Crippen molar-refractivity contribution < 1.29 is 9.90 Å². The molecule has 0 spiro atoms. The van der Waals surface area contributed by atoms with E-state index in [0.29, 0.717) is 27.5 Å². The van der Waals surface area contributed by atoms with Gasteiger partial charge in [0.25, 0.3) is 0 Å². The van der Waals surface area contributed by atoms with Gasteiger partial charge < -0.3 is 5.11 Å². The summed E-state index contributed by atoms with van der Waals surface area (Å²) in [5, 5.41) is 10.6. The van der Waals surface area contributed by atoms with Crippen molar-refractivity contribution in [2.45, 2.75) is 0 Å². The van der Waals surface area contributed by atoms with Gasteiger partial charge in [-0.3, -0.25) is 4.79 Å². The van der Waals surface area contributed by atoms with Crippen LogP contribution in [0.2, 0.25) is 15.1 Å². The van der Waals surface area contributed by atoms with Crippen molar-refractivity contribution in [2.24, 2.45) is 0 Å². The predicted octanol–water partition coefficient (Wildman–Crippen LogP) is 4.23. The van der Waals surface area contributed by atoms with Gasteiger partial charge in [-0.25, -0.2) is 4.98 Å². The summed E-state index contributed by atoms with van der Waals surface area (Å²) in [6.07, 6.45) is 1.85. The molecule has 0 radical (unpaired) electrons. The third-order valence-corrected chi connectivity index (χ3v) is 3.46. The largest absolute Gasteiger partial charge is 0.506 e. The number of rotatable bonds is 2. The summed E-state index contributed by atoms with van der Waals surface area (Å²) in [6.45, 7) is 0. The van der Waals surface area contributed by atoms with Gasteiger partial charge in [-0.2, -0.15) is 0 Å². The lowest BCUT2D eigenvalue weighted by molar-refractivity contribution is 0.111. The zero-order chi connectivity index (χ0) is 13.3. The van der Waals surface area contributed by atoms with Crippen molar-refractivity contribution in [3.8, 4) is 16.9 Å². The van der Waals surface area contributed by atoms with Crippen molar-refractivity contribution in [1.29, 1.82) is 0 Å². The topological polar surface area (TPSA) is 50.2 Å². The number of pyridine rings is 1. The highest BCUT2D eigenvalue weighted by Crippen LogP contribution is 2.39. The zero-order valence-electron chi connectivity index (χ0n) is 8.82. The normalized spacial score (nSPS) is 10.4. The van der Waals surface area contributed by atoms with Crippen molar-refractivity contribution in [3.63, 3.8) is 0 Å². The van der Waals surface area contributed by atoms with E-state index in [2.05, 4.69) is 4.98 Å². The fourth-order valence-corrected chi connectivity index (χ4v) is 2.23. The Morgan fingerprint density at radius 3 is 2.44 bits per heavy atom. The number of nitrogens with zero attached hydrogens (tertiary/aromatic N) is 1. The Morgan fingerprint density at radius 2 is 1.83 bits per heavy atom. The molecule has 0 bridgehead atoms. The van der Waals surface area contributed by atoms with E-state index in [0.717, 1.165) is 0 Å².